The van der Waals surface area contributed by atoms with Gasteiger partial charge in [0.1, 0.15) is 6.61 Å². The fourth-order valence-electron chi connectivity index (χ4n) is 3.67. The fourth-order valence-corrected chi connectivity index (χ4v) is 3.67. The van der Waals surface area contributed by atoms with Crippen LogP contribution in [0.15, 0.2) is 18.3 Å². The third-order valence-corrected chi connectivity index (χ3v) is 5.26. The molecule has 2 fully saturated rings. The number of likely N-dealkylation sites (tertiary alicyclic amines) is 1. The maximum Gasteiger partial charge on any atom is 0.255 e. The predicted octanol–water partition coefficient (Wildman–Crippen LogP) is 1.63. The van der Waals surface area contributed by atoms with Gasteiger partial charge in [-0.1, -0.05) is 12.8 Å². The molecule has 1 aliphatic carbocycles. The van der Waals surface area contributed by atoms with Crippen molar-refractivity contribution in [3.63, 3.8) is 0 Å². The first-order valence-electron chi connectivity index (χ1n) is 9.14. The van der Waals surface area contributed by atoms with Crippen LogP contribution in [0.25, 0.3) is 0 Å². The molecule has 0 radical (unpaired) electrons. The van der Waals surface area contributed by atoms with E-state index in [0.717, 1.165) is 19.3 Å². The Labute approximate surface area is 154 Å². The second-order valence-electron chi connectivity index (χ2n) is 7.29. The molecule has 26 heavy (non-hydrogen) atoms. The Morgan fingerprint density at radius 1 is 1.27 bits per heavy atom. The van der Waals surface area contributed by atoms with Crippen molar-refractivity contribution in [3.8, 4) is 5.88 Å². The Morgan fingerprint density at radius 3 is 2.54 bits per heavy atom. The van der Waals surface area contributed by atoms with E-state index in [0.29, 0.717) is 30.5 Å². The maximum absolute atomic E-state index is 12.7. The summed E-state index contributed by atoms with van der Waals surface area (Å²) in [5, 5.41) is 3.19. The number of pyridine rings is 1. The van der Waals surface area contributed by atoms with Gasteiger partial charge in [0.15, 0.2) is 0 Å². The summed E-state index contributed by atoms with van der Waals surface area (Å²) >= 11 is 0. The van der Waals surface area contributed by atoms with E-state index < -0.39 is 0 Å². The summed E-state index contributed by atoms with van der Waals surface area (Å²) in [6.45, 7) is 1.34. The van der Waals surface area contributed by atoms with Crippen LogP contribution in [0.3, 0.4) is 0 Å². The second-order valence-corrected chi connectivity index (χ2v) is 7.29. The molecular formula is C19H27N3O4. The van der Waals surface area contributed by atoms with Gasteiger partial charge in [0.05, 0.1) is 12.7 Å². The molecule has 0 bridgehead atoms. The molecule has 1 aliphatic heterocycles. The number of ether oxygens (including phenoxy) is 2. The number of nitrogens with one attached hydrogen (secondary N) is 1. The number of amides is 2. The van der Waals surface area contributed by atoms with Crippen LogP contribution in [0, 0.1) is 5.92 Å². The first-order chi connectivity index (χ1) is 12.5. The summed E-state index contributed by atoms with van der Waals surface area (Å²) in [5.41, 5.74) is 0.343. The summed E-state index contributed by atoms with van der Waals surface area (Å²) in [6, 6.07) is 3.43. The fraction of sp³-hybridized carbons (Fsp3) is 0.632. The van der Waals surface area contributed by atoms with Crippen molar-refractivity contribution in [3.05, 3.63) is 23.9 Å². The number of carbonyl (C=O) groups excluding carboxylic acids is 2. The molecule has 2 heterocycles. The van der Waals surface area contributed by atoms with Crippen molar-refractivity contribution >= 4 is 11.8 Å². The third kappa shape index (κ3) is 4.52. The molecule has 2 amide bonds. The second kappa shape index (κ2) is 8.03. The highest BCUT2D eigenvalue weighted by atomic mass is 16.5. The molecule has 7 nitrogen and oxygen atoms in total. The SMILES string of the molecule is COCC(=O)NC1(CC2CC2)CCN(C(=O)c2ccc(OC)nc2)CC1. The molecule has 0 unspecified atom stereocenters. The van der Waals surface area contributed by atoms with Crippen LogP contribution in [0.1, 0.15) is 42.5 Å². The minimum atomic E-state index is -0.217. The lowest BCUT2D eigenvalue weighted by molar-refractivity contribution is -0.127. The van der Waals surface area contributed by atoms with Crippen molar-refractivity contribution in [1.82, 2.24) is 15.2 Å². The molecular weight excluding hydrogens is 334 g/mol. The average molecular weight is 361 g/mol. The zero-order chi connectivity index (χ0) is 18.6. The van der Waals surface area contributed by atoms with Crippen molar-refractivity contribution < 1.29 is 19.1 Å². The van der Waals surface area contributed by atoms with Gasteiger partial charge < -0.3 is 19.7 Å². The van der Waals surface area contributed by atoms with Gasteiger partial charge >= 0.3 is 0 Å². The van der Waals surface area contributed by atoms with E-state index in [-0.39, 0.29) is 24.0 Å². The number of rotatable bonds is 7. The molecule has 0 atom stereocenters. The van der Waals surface area contributed by atoms with Crippen LogP contribution >= 0.6 is 0 Å². The quantitative estimate of drug-likeness (QED) is 0.798. The smallest absolute Gasteiger partial charge is 0.255 e. The summed E-state index contributed by atoms with van der Waals surface area (Å²) in [5.74, 6) is 1.09. The first kappa shape index (κ1) is 18.6. The summed E-state index contributed by atoms with van der Waals surface area (Å²) in [7, 11) is 3.07. The maximum atomic E-state index is 12.7. The topological polar surface area (TPSA) is 80.8 Å². The van der Waals surface area contributed by atoms with Gasteiger partial charge in [0, 0.05) is 38.0 Å². The zero-order valence-corrected chi connectivity index (χ0v) is 15.5. The number of methoxy groups -OCH3 is 2. The lowest BCUT2D eigenvalue weighted by Gasteiger charge is -2.42. The van der Waals surface area contributed by atoms with Crippen molar-refractivity contribution in [1.29, 1.82) is 0 Å². The number of hydrogen-bond donors (Lipinski definition) is 1. The Bertz CT molecular complexity index is 635. The van der Waals surface area contributed by atoms with Gasteiger partial charge in [-0.25, -0.2) is 4.98 Å². The highest BCUT2D eigenvalue weighted by Gasteiger charge is 2.41. The van der Waals surface area contributed by atoms with Crippen molar-refractivity contribution in [2.75, 3.05) is 33.9 Å². The monoisotopic (exact) mass is 361 g/mol. The Morgan fingerprint density at radius 2 is 2.00 bits per heavy atom. The highest BCUT2D eigenvalue weighted by molar-refractivity contribution is 5.94. The van der Waals surface area contributed by atoms with Crippen LogP contribution in [0.5, 0.6) is 5.88 Å². The van der Waals surface area contributed by atoms with Crippen LogP contribution in [-0.4, -0.2) is 61.2 Å². The van der Waals surface area contributed by atoms with Gasteiger partial charge in [0.2, 0.25) is 11.8 Å². The number of piperidine rings is 1. The largest absolute Gasteiger partial charge is 0.481 e. The molecule has 2 aliphatic rings. The Kier molecular flexibility index (Phi) is 5.76. The summed E-state index contributed by atoms with van der Waals surface area (Å²) in [6.07, 6.45) is 6.56. The number of aromatic nitrogens is 1. The molecule has 1 N–H and O–H groups in total. The van der Waals surface area contributed by atoms with Gasteiger partial charge in [-0.2, -0.15) is 0 Å². The molecule has 1 aromatic rings. The average Bonchev–Trinajstić information content (AvgIpc) is 3.46. The van der Waals surface area contributed by atoms with Crippen LogP contribution < -0.4 is 10.1 Å². The molecule has 7 heteroatoms. The standard InChI is InChI=1S/C19H27N3O4/c1-25-13-16(23)21-19(11-14-3-4-14)7-9-22(10-8-19)18(24)15-5-6-17(26-2)20-12-15/h5-6,12,14H,3-4,7-11,13H2,1-2H3,(H,21,23). The lowest BCUT2D eigenvalue weighted by Crippen LogP contribution is -2.57. The van der Waals surface area contributed by atoms with Crippen molar-refractivity contribution in [2.24, 2.45) is 5.92 Å². The van der Waals surface area contributed by atoms with Crippen molar-refractivity contribution in [2.45, 2.75) is 37.6 Å². The molecule has 1 saturated heterocycles. The predicted molar refractivity (Wildman–Crippen MR) is 96.0 cm³/mol. The molecule has 3 rings (SSSR count). The van der Waals surface area contributed by atoms with E-state index in [1.165, 1.54) is 20.0 Å². The number of nitrogens with zero attached hydrogens (tertiary/aromatic N) is 2. The number of carbonyl (C=O) groups is 2. The molecule has 0 spiro atoms. The summed E-state index contributed by atoms with van der Waals surface area (Å²) < 4.78 is 9.99. The minimum Gasteiger partial charge on any atom is -0.481 e. The van der Waals surface area contributed by atoms with E-state index >= 15 is 0 Å². The third-order valence-electron chi connectivity index (χ3n) is 5.26. The number of hydrogen-bond acceptors (Lipinski definition) is 5. The van der Waals surface area contributed by atoms with E-state index in [1.54, 1.807) is 25.4 Å². The van der Waals surface area contributed by atoms with E-state index in [2.05, 4.69) is 10.3 Å². The van der Waals surface area contributed by atoms with E-state index in [1.807, 2.05) is 4.90 Å². The first-order valence-corrected chi connectivity index (χ1v) is 9.14. The van der Waals surface area contributed by atoms with Gasteiger partial charge in [-0.15, -0.1) is 0 Å². The highest BCUT2D eigenvalue weighted by Crippen LogP contribution is 2.40. The van der Waals surface area contributed by atoms with Crippen LogP contribution in [0.4, 0.5) is 0 Å². The normalized spacial score (nSPS) is 19.1. The van der Waals surface area contributed by atoms with Gasteiger partial charge in [-0.3, -0.25) is 9.59 Å². The minimum absolute atomic E-state index is 0.0246. The lowest BCUT2D eigenvalue weighted by atomic mass is 9.82. The molecule has 1 aromatic heterocycles. The molecule has 142 valence electrons. The van der Waals surface area contributed by atoms with Gasteiger partial charge in [-0.05, 0) is 31.2 Å². The van der Waals surface area contributed by atoms with Gasteiger partial charge in [0.25, 0.3) is 5.91 Å². The zero-order valence-electron chi connectivity index (χ0n) is 15.5. The summed E-state index contributed by atoms with van der Waals surface area (Å²) in [4.78, 5) is 30.7. The molecule has 0 aromatic carbocycles. The molecule has 1 saturated carbocycles. The van der Waals surface area contributed by atoms with Crippen LogP contribution in [0.2, 0.25) is 0 Å². The van der Waals surface area contributed by atoms with E-state index in [9.17, 15) is 9.59 Å². The van der Waals surface area contributed by atoms with Crippen LogP contribution in [-0.2, 0) is 9.53 Å². The van der Waals surface area contributed by atoms with E-state index in [4.69, 9.17) is 9.47 Å². The Hall–Kier alpha value is -2.15. The Balaban J connectivity index is 1.62.